The van der Waals surface area contributed by atoms with Crippen LogP contribution in [0.2, 0.25) is 0 Å². The van der Waals surface area contributed by atoms with Gasteiger partial charge in [-0.05, 0) is 39.7 Å². The monoisotopic (exact) mass is 382 g/mol. The van der Waals surface area contributed by atoms with Gasteiger partial charge in [0.15, 0.2) is 0 Å². The number of nitrogens with zero attached hydrogens (tertiary/aromatic N) is 1. The maximum Gasteiger partial charge on any atom is 0.573 e. The van der Waals surface area contributed by atoms with E-state index in [1.807, 2.05) is 0 Å². The zero-order chi connectivity index (χ0) is 14.8. The van der Waals surface area contributed by atoms with Gasteiger partial charge in [-0.15, -0.1) is 25.6 Å². The van der Waals surface area contributed by atoms with Crippen LogP contribution in [-0.2, 0) is 0 Å². The minimum Gasteiger partial charge on any atom is -0.406 e. The van der Waals surface area contributed by atoms with E-state index in [2.05, 4.69) is 25.7 Å². The average molecular weight is 384 g/mol. The van der Waals surface area contributed by atoms with Crippen molar-refractivity contribution in [2.24, 2.45) is 5.73 Å². The summed E-state index contributed by atoms with van der Waals surface area (Å²) < 4.78 is 40.6. The van der Waals surface area contributed by atoms with E-state index in [0.717, 1.165) is 5.56 Å². The Morgan fingerprint density at radius 1 is 1.14 bits per heavy atom. The van der Waals surface area contributed by atoms with Gasteiger partial charge in [0.05, 0.1) is 6.04 Å². The number of benzene rings is 1. The van der Waals surface area contributed by atoms with E-state index in [1.54, 1.807) is 18.3 Å². The minimum absolute atomic E-state index is 0. The topological polar surface area (TPSA) is 48.1 Å². The molecule has 0 fully saturated rings. The van der Waals surface area contributed by atoms with Gasteiger partial charge in [-0.25, -0.2) is 4.98 Å². The van der Waals surface area contributed by atoms with Gasteiger partial charge >= 0.3 is 6.36 Å². The predicted molar refractivity (Wildman–Crippen MR) is 78.3 cm³/mol. The molecule has 0 saturated carbocycles. The summed E-state index contributed by atoms with van der Waals surface area (Å²) in [6.07, 6.45) is -3.09. The van der Waals surface area contributed by atoms with Gasteiger partial charge in [0, 0.05) is 11.8 Å². The molecule has 1 atom stereocenters. The van der Waals surface area contributed by atoms with Crippen molar-refractivity contribution in [1.82, 2.24) is 4.98 Å². The number of hydrogen-bond acceptors (Lipinski definition) is 3. The average Bonchev–Trinajstić information content (AvgIpc) is 2.37. The normalized spacial score (nSPS) is 12.4. The predicted octanol–water partition coefficient (Wildman–Crippen LogP) is 4.21. The molecule has 2 N–H and O–H groups in total. The second kappa shape index (κ2) is 7.11. The Hall–Kier alpha value is -1.31. The van der Waals surface area contributed by atoms with Crippen molar-refractivity contribution in [3.8, 4) is 5.75 Å². The molecule has 2 aromatic rings. The number of hydrogen-bond donors (Lipinski definition) is 1. The molecular weight excluding hydrogens is 373 g/mol. The van der Waals surface area contributed by atoms with E-state index < -0.39 is 12.4 Å². The maximum absolute atomic E-state index is 12.1. The van der Waals surface area contributed by atoms with Crippen LogP contribution >= 0.6 is 28.3 Å². The molecular formula is C13H11BrClF3N2O. The highest BCUT2D eigenvalue weighted by molar-refractivity contribution is 9.10. The number of alkyl halides is 3. The maximum atomic E-state index is 12.1. The van der Waals surface area contributed by atoms with Crippen molar-refractivity contribution in [2.45, 2.75) is 12.4 Å². The molecule has 114 valence electrons. The Balaban J connectivity index is 0.00000220. The number of aromatic nitrogens is 1. The van der Waals surface area contributed by atoms with Gasteiger partial charge in [-0.3, -0.25) is 0 Å². The van der Waals surface area contributed by atoms with Crippen molar-refractivity contribution in [1.29, 1.82) is 0 Å². The van der Waals surface area contributed by atoms with Crippen molar-refractivity contribution < 1.29 is 17.9 Å². The first-order valence-electron chi connectivity index (χ1n) is 5.58. The highest BCUT2D eigenvalue weighted by atomic mass is 79.9. The van der Waals surface area contributed by atoms with Crippen LogP contribution in [0, 0.1) is 0 Å². The molecule has 0 aliphatic rings. The Morgan fingerprint density at radius 2 is 1.76 bits per heavy atom. The lowest BCUT2D eigenvalue weighted by atomic mass is 10.0. The number of pyridine rings is 1. The van der Waals surface area contributed by atoms with Gasteiger partial charge in [-0.2, -0.15) is 0 Å². The second-order valence-corrected chi connectivity index (χ2v) is 4.73. The molecule has 2 rings (SSSR count). The van der Waals surface area contributed by atoms with Crippen LogP contribution in [0.25, 0.3) is 0 Å². The van der Waals surface area contributed by atoms with E-state index in [4.69, 9.17) is 5.73 Å². The van der Waals surface area contributed by atoms with Gasteiger partial charge in [0.25, 0.3) is 0 Å². The smallest absolute Gasteiger partial charge is 0.406 e. The van der Waals surface area contributed by atoms with Gasteiger partial charge in [0.2, 0.25) is 0 Å². The fourth-order valence-electron chi connectivity index (χ4n) is 1.69. The summed E-state index contributed by atoms with van der Waals surface area (Å²) in [6.45, 7) is 0. The van der Waals surface area contributed by atoms with Crippen LogP contribution in [0.3, 0.4) is 0 Å². The third kappa shape index (κ3) is 4.87. The van der Waals surface area contributed by atoms with E-state index in [0.29, 0.717) is 10.2 Å². The lowest BCUT2D eigenvalue weighted by Gasteiger charge is -2.14. The molecule has 0 spiro atoms. The standard InChI is InChI=1S/C13H10BrF3N2O.ClH/c14-12-10(2-1-7-19-12)11(18)8-3-5-9(6-4-8)20-13(15,16)17;/h1-7,11H,18H2;1H/t11-;/m1./s1. The fourth-order valence-corrected chi connectivity index (χ4v) is 2.18. The van der Waals surface area contributed by atoms with Crippen molar-refractivity contribution in [3.63, 3.8) is 0 Å². The van der Waals surface area contributed by atoms with Crippen LogP contribution < -0.4 is 10.5 Å². The number of halogens is 5. The third-order valence-corrected chi connectivity index (χ3v) is 3.26. The highest BCUT2D eigenvalue weighted by Crippen LogP contribution is 2.28. The lowest BCUT2D eigenvalue weighted by molar-refractivity contribution is -0.274. The summed E-state index contributed by atoms with van der Waals surface area (Å²) in [5.41, 5.74) is 7.47. The quantitative estimate of drug-likeness (QED) is 0.808. The van der Waals surface area contributed by atoms with Crippen LogP contribution in [0.15, 0.2) is 47.2 Å². The first-order chi connectivity index (χ1) is 9.37. The molecule has 1 aromatic heterocycles. The molecule has 0 aliphatic carbocycles. The zero-order valence-corrected chi connectivity index (χ0v) is 12.9. The van der Waals surface area contributed by atoms with Crippen molar-refractivity contribution >= 4 is 28.3 Å². The summed E-state index contributed by atoms with van der Waals surface area (Å²) in [7, 11) is 0. The molecule has 0 saturated heterocycles. The summed E-state index contributed by atoms with van der Waals surface area (Å²) >= 11 is 3.28. The third-order valence-electron chi connectivity index (χ3n) is 2.60. The van der Waals surface area contributed by atoms with Gasteiger partial charge in [-0.1, -0.05) is 18.2 Å². The summed E-state index contributed by atoms with van der Waals surface area (Å²) in [6, 6.07) is 8.48. The van der Waals surface area contributed by atoms with E-state index in [-0.39, 0.29) is 18.2 Å². The first kappa shape index (κ1) is 17.7. The van der Waals surface area contributed by atoms with E-state index in [9.17, 15) is 13.2 Å². The number of nitrogens with two attached hydrogens (primary N) is 1. The minimum atomic E-state index is -4.70. The zero-order valence-electron chi connectivity index (χ0n) is 10.5. The van der Waals surface area contributed by atoms with Crippen LogP contribution in [0.1, 0.15) is 17.2 Å². The molecule has 0 amide bonds. The fraction of sp³-hybridized carbons (Fsp3) is 0.154. The molecule has 1 heterocycles. The molecule has 21 heavy (non-hydrogen) atoms. The number of ether oxygens (including phenoxy) is 1. The molecule has 8 heteroatoms. The van der Waals surface area contributed by atoms with Crippen LogP contribution in [0.5, 0.6) is 5.75 Å². The van der Waals surface area contributed by atoms with E-state index in [1.165, 1.54) is 24.3 Å². The highest BCUT2D eigenvalue weighted by Gasteiger charge is 2.31. The SMILES string of the molecule is Cl.N[C@H](c1ccc(OC(F)(F)F)cc1)c1cccnc1Br. The lowest BCUT2D eigenvalue weighted by Crippen LogP contribution is -2.17. The van der Waals surface area contributed by atoms with Crippen LogP contribution in [-0.4, -0.2) is 11.3 Å². The van der Waals surface area contributed by atoms with E-state index >= 15 is 0 Å². The number of rotatable bonds is 3. The Kier molecular flexibility index (Phi) is 6.00. The Labute approximate surface area is 133 Å². The molecule has 3 nitrogen and oxygen atoms in total. The van der Waals surface area contributed by atoms with Crippen molar-refractivity contribution in [3.05, 3.63) is 58.3 Å². The second-order valence-electron chi connectivity index (χ2n) is 3.98. The summed E-state index contributed by atoms with van der Waals surface area (Å²) in [4.78, 5) is 4.05. The Bertz CT molecular complexity index is 593. The largest absolute Gasteiger partial charge is 0.573 e. The van der Waals surface area contributed by atoms with Crippen molar-refractivity contribution in [2.75, 3.05) is 0 Å². The molecule has 0 aliphatic heterocycles. The molecule has 1 aromatic carbocycles. The molecule has 0 unspecified atom stereocenters. The van der Waals surface area contributed by atoms with Gasteiger partial charge in [0.1, 0.15) is 10.4 Å². The Morgan fingerprint density at radius 3 is 2.29 bits per heavy atom. The van der Waals surface area contributed by atoms with Gasteiger partial charge < -0.3 is 10.5 Å². The van der Waals surface area contributed by atoms with Crippen LogP contribution in [0.4, 0.5) is 13.2 Å². The summed E-state index contributed by atoms with van der Waals surface area (Å²) in [5, 5.41) is 0. The first-order valence-corrected chi connectivity index (χ1v) is 6.38. The summed E-state index contributed by atoms with van der Waals surface area (Å²) in [5.74, 6) is -0.279. The molecule has 0 radical (unpaired) electrons. The molecule has 0 bridgehead atoms.